The lowest BCUT2D eigenvalue weighted by Crippen LogP contribution is -2.09. The summed E-state index contributed by atoms with van der Waals surface area (Å²) in [5.74, 6) is -0.401. The van der Waals surface area contributed by atoms with Gasteiger partial charge in [-0.2, -0.15) is 0 Å². The number of halogens is 1. The number of hydrogen-bond acceptors (Lipinski definition) is 3. The van der Waals surface area contributed by atoms with Gasteiger partial charge >= 0.3 is 5.97 Å². The third-order valence-corrected chi connectivity index (χ3v) is 3.72. The first-order chi connectivity index (χ1) is 10.0. The molecule has 21 heavy (non-hydrogen) atoms. The molecule has 2 rings (SSSR count). The van der Waals surface area contributed by atoms with Crippen LogP contribution >= 0.6 is 11.6 Å². The minimum atomic E-state index is -0.401. The Kier molecular flexibility index (Phi) is 4.86. The predicted octanol–water partition coefficient (Wildman–Crippen LogP) is 4.36. The summed E-state index contributed by atoms with van der Waals surface area (Å²) in [5.41, 5.74) is 4.82. The second kappa shape index (κ2) is 6.64. The average Bonchev–Trinajstić information content (AvgIpc) is 2.47. The van der Waals surface area contributed by atoms with E-state index in [0.29, 0.717) is 22.8 Å². The second-order valence-corrected chi connectivity index (χ2v) is 5.34. The van der Waals surface area contributed by atoms with Crippen molar-refractivity contribution in [3.8, 4) is 0 Å². The van der Waals surface area contributed by atoms with Crippen LogP contribution in [-0.4, -0.2) is 13.1 Å². The number of esters is 1. The first-order valence-electron chi connectivity index (χ1n) is 6.69. The molecule has 0 spiro atoms. The normalized spacial score (nSPS) is 10.3. The number of rotatable bonds is 4. The number of ether oxygens (including phenoxy) is 1. The minimum Gasteiger partial charge on any atom is -0.465 e. The van der Waals surface area contributed by atoms with Gasteiger partial charge in [0.05, 0.1) is 12.7 Å². The van der Waals surface area contributed by atoms with Crippen LogP contribution in [0.25, 0.3) is 0 Å². The third kappa shape index (κ3) is 3.56. The molecule has 0 heterocycles. The van der Waals surface area contributed by atoms with Crippen molar-refractivity contribution < 1.29 is 9.53 Å². The predicted molar refractivity (Wildman–Crippen MR) is 86.0 cm³/mol. The molecule has 1 N–H and O–H groups in total. The number of anilines is 1. The largest absolute Gasteiger partial charge is 0.465 e. The Morgan fingerprint density at radius 1 is 1.19 bits per heavy atom. The summed E-state index contributed by atoms with van der Waals surface area (Å²) < 4.78 is 4.79. The van der Waals surface area contributed by atoms with Gasteiger partial charge in [-0.25, -0.2) is 4.79 Å². The number of carbonyl (C=O) groups excluding carboxylic acids is 1. The molecule has 0 saturated heterocycles. The number of methoxy groups -OCH3 is 1. The highest BCUT2D eigenvalue weighted by Gasteiger charge is 2.13. The zero-order valence-electron chi connectivity index (χ0n) is 12.4. The Hall–Kier alpha value is -2.00. The van der Waals surface area contributed by atoms with Gasteiger partial charge in [-0.3, -0.25) is 0 Å². The van der Waals surface area contributed by atoms with Crippen molar-refractivity contribution in [1.82, 2.24) is 0 Å². The summed E-state index contributed by atoms with van der Waals surface area (Å²) in [6.45, 7) is 4.80. The Morgan fingerprint density at radius 3 is 2.48 bits per heavy atom. The van der Waals surface area contributed by atoms with E-state index in [2.05, 4.69) is 31.3 Å². The highest BCUT2D eigenvalue weighted by molar-refractivity contribution is 6.31. The molecule has 0 saturated carbocycles. The van der Waals surface area contributed by atoms with E-state index >= 15 is 0 Å². The van der Waals surface area contributed by atoms with Gasteiger partial charge in [-0.15, -0.1) is 0 Å². The second-order valence-electron chi connectivity index (χ2n) is 4.91. The van der Waals surface area contributed by atoms with E-state index in [1.165, 1.54) is 23.8 Å². The molecule has 2 aromatic rings. The zero-order chi connectivity index (χ0) is 15.4. The molecule has 0 aliphatic carbocycles. The van der Waals surface area contributed by atoms with Crippen LogP contribution in [-0.2, 0) is 11.3 Å². The van der Waals surface area contributed by atoms with E-state index in [4.69, 9.17) is 16.3 Å². The van der Waals surface area contributed by atoms with Crippen LogP contribution in [0.2, 0.25) is 5.02 Å². The zero-order valence-corrected chi connectivity index (χ0v) is 13.1. The van der Waals surface area contributed by atoms with E-state index in [1.807, 2.05) is 6.07 Å². The molecule has 0 aliphatic rings. The minimum absolute atomic E-state index is 0.401. The van der Waals surface area contributed by atoms with Crippen molar-refractivity contribution in [2.24, 2.45) is 0 Å². The molecule has 0 atom stereocenters. The lowest BCUT2D eigenvalue weighted by atomic mass is 10.0. The topological polar surface area (TPSA) is 38.3 Å². The number of nitrogens with one attached hydrogen (secondary N) is 1. The van der Waals surface area contributed by atoms with Crippen molar-refractivity contribution in [3.05, 3.63) is 63.7 Å². The summed E-state index contributed by atoms with van der Waals surface area (Å²) >= 11 is 5.95. The van der Waals surface area contributed by atoms with Gasteiger partial charge in [0.1, 0.15) is 0 Å². The lowest BCUT2D eigenvalue weighted by molar-refractivity contribution is 0.0602. The quantitative estimate of drug-likeness (QED) is 0.853. The van der Waals surface area contributed by atoms with Crippen LogP contribution in [0.1, 0.15) is 27.0 Å². The van der Waals surface area contributed by atoms with Gasteiger partial charge in [-0.1, -0.05) is 29.8 Å². The van der Waals surface area contributed by atoms with Crippen LogP contribution in [0, 0.1) is 13.8 Å². The van der Waals surface area contributed by atoms with Crippen LogP contribution in [0.4, 0.5) is 5.69 Å². The van der Waals surface area contributed by atoms with Gasteiger partial charge in [0, 0.05) is 17.3 Å². The molecule has 0 unspecified atom stereocenters. The fourth-order valence-corrected chi connectivity index (χ4v) is 2.43. The van der Waals surface area contributed by atoms with Crippen molar-refractivity contribution in [2.45, 2.75) is 20.4 Å². The van der Waals surface area contributed by atoms with Crippen LogP contribution < -0.4 is 5.32 Å². The Bertz CT molecular complexity index is 648. The van der Waals surface area contributed by atoms with Gasteiger partial charge in [0.25, 0.3) is 0 Å². The lowest BCUT2D eigenvalue weighted by Gasteiger charge is -2.14. The van der Waals surface area contributed by atoms with E-state index in [-0.39, 0.29) is 0 Å². The third-order valence-electron chi connectivity index (χ3n) is 3.49. The van der Waals surface area contributed by atoms with Gasteiger partial charge in [-0.05, 0) is 48.7 Å². The highest BCUT2D eigenvalue weighted by Crippen LogP contribution is 2.23. The number of aryl methyl sites for hydroxylation is 2. The van der Waals surface area contributed by atoms with Crippen LogP contribution in [0.15, 0.2) is 36.4 Å². The van der Waals surface area contributed by atoms with Crippen LogP contribution in [0.5, 0.6) is 0 Å². The molecule has 2 aromatic carbocycles. The smallest absolute Gasteiger partial charge is 0.340 e. The fraction of sp³-hybridized carbons (Fsp3) is 0.235. The number of carbonyl (C=O) groups is 1. The van der Waals surface area contributed by atoms with Crippen LogP contribution in [0.3, 0.4) is 0 Å². The standard InChI is InChI=1S/C17H18ClNO2/c1-11-5-4-6-12(2)15(11)10-19-16-8-7-13(18)9-14(16)17(20)21-3/h4-9,19H,10H2,1-3H3. The SMILES string of the molecule is COC(=O)c1cc(Cl)ccc1NCc1c(C)cccc1C. The maximum atomic E-state index is 11.8. The molecule has 0 bridgehead atoms. The highest BCUT2D eigenvalue weighted by atomic mass is 35.5. The Balaban J connectivity index is 2.26. The monoisotopic (exact) mass is 303 g/mol. The summed E-state index contributed by atoms with van der Waals surface area (Å²) in [6, 6.07) is 11.3. The molecule has 110 valence electrons. The fourth-order valence-electron chi connectivity index (χ4n) is 2.26. The number of hydrogen-bond donors (Lipinski definition) is 1. The first-order valence-corrected chi connectivity index (χ1v) is 7.07. The van der Waals surface area contributed by atoms with Crippen molar-refractivity contribution >= 4 is 23.3 Å². The molecular weight excluding hydrogens is 286 g/mol. The van der Waals surface area contributed by atoms with Gasteiger partial charge in [0.2, 0.25) is 0 Å². The molecule has 0 fully saturated rings. The molecule has 0 aromatic heterocycles. The molecule has 0 aliphatic heterocycles. The summed E-state index contributed by atoms with van der Waals surface area (Å²) in [4.78, 5) is 11.8. The average molecular weight is 304 g/mol. The van der Waals surface area contributed by atoms with Gasteiger partial charge < -0.3 is 10.1 Å². The van der Waals surface area contributed by atoms with E-state index < -0.39 is 5.97 Å². The molecule has 4 heteroatoms. The van der Waals surface area contributed by atoms with Crippen molar-refractivity contribution in [2.75, 3.05) is 12.4 Å². The Labute approximate surface area is 129 Å². The van der Waals surface area contributed by atoms with E-state index in [9.17, 15) is 4.79 Å². The maximum absolute atomic E-state index is 11.8. The Morgan fingerprint density at radius 2 is 1.86 bits per heavy atom. The van der Waals surface area contributed by atoms with E-state index in [1.54, 1.807) is 18.2 Å². The summed E-state index contributed by atoms with van der Waals surface area (Å²) in [5, 5.41) is 3.80. The molecular formula is C17H18ClNO2. The molecule has 0 amide bonds. The summed E-state index contributed by atoms with van der Waals surface area (Å²) in [6.07, 6.45) is 0. The van der Waals surface area contributed by atoms with E-state index in [0.717, 1.165) is 0 Å². The first kappa shape index (κ1) is 15.4. The van der Waals surface area contributed by atoms with Crippen molar-refractivity contribution in [1.29, 1.82) is 0 Å². The summed E-state index contributed by atoms with van der Waals surface area (Å²) in [7, 11) is 1.36. The van der Waals surface area contributed by atoms with Gasteiger partial charge in [0.15, 0.2) is 0 Å². The molecule has 3 nitrogen and oxygen atoms in total. The number of benzene rings is 2. The molecule has 0 radical (unpaired) electrons. The maximum Gasteiger partial charge on any atom is 0.340 e. The van der Waals surface area contributed by atoms with Crippen molar-refractivity contribution in [3.63, 3.8) is 0 Å².